The quantitative estimate of drug-likeness (QED) is 0.502. The molecule has 3 N–H and O–H groups in total. The molecule has 8 nitrogen and oxygen atoms in total. The van der Waals surface area contributed by atoms with Crippen LogP contribution in [0.5, 0.6) is 0 Å². The summed E-state index contributed by atoms with van der Waals surface area (Å²) >= 11 is 13.1. The summed E-state index contributed by atoms with van der Waals surface area (Å²) in [6.45, 7) is 0.0924. The molecule has 32 heavy (non-hydrogen) atoms. The number of primary sulfonamides is 1. The molecule has 1 heterocycles. The van der Waals surface area contributed by atoms with E-state index in [1.54, 1.807) is 12.4 Å². The fraction of sp³-hybridized carbons (Fsp3) is 0.150. The Morgan fingerprint density at radius 2 is 1.88 bits per heavy atom. The number of thiazole rings is 1. The number of carbonyl (C=O) groups is 2. The zero-order chi connectivity index (χ0) is 23.5. The molecule has 2 amide bonds. The molecule has 0 radical (unpaired) electrons. The van der Waals surface area contributed by atoms with Crippen molar-refractivity contribution < 1.29 is 18.0 Å². The Labute approximate surface area is 199 Å². The molecule has 1 unspecified atom stereocenters. The largest absolute Gasteiger partial charge is 0.348 e. The summed E-state index contributed by atoms with van der Waals surface area (Å²) in [5, 5.41) is 9.82. The van der Waals surface area contributed by atoms with Gasteiger partial charge in [0.15, 0.2) is 5.01 Å². The molecule has 0 aliphatic rings. The number of benzene rings is 2. The first-order valence-electron chi connectivity index (χ1n) is 9.11. The van der Waals surface area contributed by atoms with Crippen molar-refractivity contribution in [2.75, 3.05) is 13.6 Å². The van der Waals surface area contributed by atoms with Gasteiger partial charge in [0.1, 0.15) is 5.15 Å². The van der Waals surface area contributed by atoms with E-state index in [0.717, 1.165) is 23.0 Å². The maximum absolute atomic E-state index is 13.2. The van der Waals surface area contributed by atoms with Gasteiger partial charge in [-0.2, -0.15) is 0 Å². The van der Waals surface area contributed by atoms with E-state index in [-0.39, 0.29) is 32.2 Å². The molecular formula is C20H18Cl2N4O4S2. The zero-order valence-corrected chi connectivity index (χ0v) is 19.8. The summed E-state index contributed by atoms with van der Waals surface area (Å²) in [5.74, 6) is -0.879. The summed E-state index contributed by atoms with van der Waals surface area (Å²) in [7, 11) is -2.40. The monoisotopic (exact) mass is 512 g/mol. The van der Waals surface area contributed by atoms with E-state index in [4.69, 9.17) is 28.3 Å². The van der Waals surface area contributed by atoms with Gasteiger partial charge in [-0.3, -0.25) is 9.59 Å². The number of hydrogen-bond acceptors (Lipinski definition) is 6. The minimum Gasteiger partial charge on any atom is -0.348 e. The summed E-state index contributed by atoms with van der Waals surface area (Å²) in [4.78, 5) is 30.8. The van der Waals surface area contributed by atoms with Crippen LogP contribution in [0.1, 0.15) is 31.8 Å². The van der Waals surface area contributed by atoms with E-state index < -0.39 is 27.9 Å². The molecule has 0 saturated carbocycles. The van der Waals surface area contributed by atoms with Crippen LogP contribution in [0.3, 0.4) is 0 Å². The summed E-state index contributed by atoms with van der Waals surface area (Å²) < 4.78 is 23.1. The number of hydrogen-bond donors (Lipinski definition) is 2. The molecule has 0 aliphatic carbocycles. The molecule has 168 valence electrons. The van der Waals surface area contributed by atoms with Crippen molar-refractivity contribution in [3.8, 4) is 0 Å². The van der Waals surface area contributed by atoms with Gasteiger partial charge >= 0.3 is 0 Å². The average Bonchev–Trinajstić information content (AvgIpc) is 3.19. The SMILES string of the molecule is CN(C(=O)c1ccc(S(N)(=O)=O)cc1Cl)C(CNC(=O)c1nc(Cl)cs1)c1ccccc1. The predicted molar refractivity (Wildman–Crippen MR) is 124 cm³/mol. The maximum Gasteiger partial charge on any atom is 0.280 e. The van der Waals surface area contributed by atoms with Gasteiger partial charge < -0.3 is 10.2 Å². The number of carbonyl (C=O) groups excluding carboxylic acids is 2. The third-order valence-electron chi connectivity index (χ3n) is 4.60. The number of amides is 2. The van der Waals surface area contributed by atoms with E-state index in [9.17, 15) is 18.0 Å². The van der Waals surface area contributed by atoms with Crippen molar-refractivity contribution in [3.05, 3.63) is 80.2 Å². The Bertz CT molecular complexity index is 1250. The van der Waals surface area contributed by atoms with Crippen molar-refractivity contribution in [2.24, 2.45) is 5.14 Å². The Morgan fingerprint density at radius 3 is 2.44 bits per heavy atom. The molecule has 0 saturated heterocycles. The Morgan fingerprint density at radius 1 is 1.19 bits per heavy atom. The lowest BCUT2D eigenvalue weighted by Gasteiger charge is -2.29. The molecule has 1 aromatic heterocycles. The van der Waals surface area contributed by atoms with Crippen LogP contribution in [-0.4, -0.2) is 43.7 Å². The number of nitrogens with two attached hydrogens (primary N) is 1. The summed E-state index contributed by atoms with van der Waals surface area (Å²) in [6.07, 6.45) is 0. The highest BCUT2D eigenvalue weighted by molar-refractivity contribution is 7.89. The number of aromatic nitrogens is 1. The molecule has 0 aliphatic heterocycles. The second-order valence-electron chi connectivity index (χ2n) is 6.71. The molecule has 12 heteroatoms. The molecular weight excluding hydrogens is 495 g/mol. The van der Waals surface area contributed by atoms with Gasteiger partial charge in [0.05, 0.1) is 21.5 Å². The van der Waals surface area contributed by atoms with Gasteiger partial charge in [-0.15, -0.1) is 11.3 Å². The standard InChI is InChI=1S/C20H18Cl2N4O4S2/c1-26(20(28)14-8-7-13(9-15(14)21)32(23,29)30)16(12-5-3-2-4-6-12)10-24-18(27)19-25-17(22)11-31-19/h2-9,11,16H,10H2,1H3,(H,24,27)(H2,23,29,30). The second kappa shape index (κ2) is 9.97. The number of halogens is 2. The van der Waals surface area contributed by atoms with Gasteiger partial charge in [-0.05, 0) is 23.8 Å². The lowest BCUT2D eigenvalue weighted by molar-refractivity contribution is 0.0717. The first-order valence-corrected chi connectivity index (χ1v) is 12.3. The number of sulfonamides is 1. The van der Waals surface area contributed by atoms with Gasteiger partial charge in [0, 0.05) is 19.0 Å². The third-order valence-corrected chi connectivity index (χ3v) is 6.99. The fourth-order valence-corrected chi connectivity index (χ4v) is 4.68. The lowest BCUT2D eigenvalue weighted by Crippen LogP contribution is -2.39. The fourth-order valence-electron chi connectivity index (χ4n) is 2.95. The van der Waals surface area contributed by atoms with Crippen LogP contribution in [0.2, 0.25) is 10.2 Å². The Kier molecular flexibility index (Phi) is 7.52. The first-order chi connectivity index (χ1) is 15.1. The minimum absolute atomic E-state index is 0.0540. The molecule has 2 aromatic carbocycles. The van der Waals surface area contributed by atoms with Crippen LogP contribution in [-0.2, 0) is 10.0 Å². The molecule has 1 atom stereocenters. The van der Waals surface area contributed by atoms with Gasteiger partial charge in [0.2, 0.25) is 10.0 Å². The van der Waals surface area contributed by atoms with Crippen molar-refractivity contribution in [2.45, 2.75) is 10.9 Å². The third kappa shape index (κ3) is 5.64. The highest BCUT2D eigenvalue weighted by Crippen LogP contribution is 2.26. The predicted octanol–water partition coefficient (Wildman–Crippen LogP) is 3.34. The van der Waals surface area contributed by atoms with Crippen molar-refractivity contribution in [3.63, 3.8) is 0 Å². The van der Waals surface area contributed by atoms with Crippen LogP contribution < -0.4 is 10.5 Å². The van der Waals surface area contributed by atoms with E-state index in [1.807, 2.05) is 30.3 Å². The number of nitrogens with one attached hydrogen (secondary N) is 1. The summed E-state index contributed by atoms with van der Waals surface area (Å²) in [5.41, 5.74) is 0.874. The smallest absolute Gasteiger partial charge is 0.280 e. The van der Waals surface area contributed by atoms with Gasteiger partial charge in [-0.1, -0.05) is 53.5 Å². The highest BCUT2D eigenvalue weighted by atomic mass is 35.5. The molecule has 3 aromatic rings. The van der Waals surface area contributed by atoms with Crippen LogP contribution in [0.25, 0.3) is 0 Å². The van der Waals surface area contributed by atoms with E-state index in [0.29, 0.717) is 0 Å². The zero-order valence-electron chi connectivity index (χ0n) is 16.7. The number of nitrogens with zero attached hydrogens (tertiary/aromatic N) is 2. The summed E-state index contributed by atoms with van der Waals surface area (Å²) in [6, 6.07) is 12.2. The lowest BCUT2D eigenvalue weighted by atomic mass is 10.0. The number of rotatable bonds is 7. The molecule has 0 bridgehead atoms. The maximum atomic E-state index is 13.2. The van der Waals surface area contributed by atoms with Crippen molar-refractivity contribution in [1.29, 1.82) is 0 Å². The topological polar surface area (TPSA) is 122 Å². The average molecular weight is 513 g/mol. The second-order valence-corrected chi connectivity index (χ2v) is 9.93. The van der Waals surface area contributed by atoms with Crippen LogP contribution in [0.4, 0.5) is 0 Å². The van der Waals surface area contributed by atoms with Crippen LogP contribution in [0, 0.1) is 0 Å². The van der Waals surface area contributed by atoms with E-state index in [1.165, 1.54) is 17.0 Å². The number of likely N-dealkylation sites (N-methyl/N-ethyl adjacent to an activating group) is 1. The molecule has 3 rings (SSSR count). The van der Waals surface area contributed by atoms with Crippen LogP contribution >= 0.6 is 34.5 Å². The van der Waals surface area contributed by atoms with Gasteiger partial charge in [0.25, 0.3) is 11.8 Å². The molecule has 0 spiro atoms. The normalized spacial score (nSPS) is 12.2. The Balaban J connectivity index is 1.86. The highest BCUT2D eigenvalue weighted by Gasteiger charge is 2.26. The first kappa shape index (κ1) is 24.1. The van der Waals surface area contributed by atoms with E-state index >= 15 is 0 Å². The minimum atomic E-state index is -3.96. The van der Waals surface area contributed by atoms with Crippen LogP contribution in [0.15, 0.2) is 58.8 Å². The molecule has 0 fully saturated rings. The van der Waals surface area contributed by atoms with Crippen molar-refractivity contribution in [1.82, 2.24) is 15.2 Å². The Hall–Kier alpha value is -2.50. The van der Waals surface area contributed by atoms with Gasteiger partial charge in [-0.25, -0.2) is 18.5 Å². The van der Waals surface area contributed by atoms with E-state index in [2.05, 4.69) is 10.3 Å². The van der Waals surface area contributed by atoms with Crippen molar-refractivity contribution >= 4 is 56.4 Å².